The number of hydrogen-bond acceptors (Lipinski definition) is 2. The Balaban J connectivity index is 2.03. The van der Waals surface area contributed by atoms with E-state index in [-0.39, 0.29) is 0 Å². The molecule has 2 heteroatoms. The van der Waals surface area contributed by atoms with Gasteiger partial charge in [-0.25, -0.2) is 0 Å². The normalized spacial score (nSPS) is 9.64. The molecule has 14 heavy (non-hydrogen) atoms. The third-order valence-electron chi connectivity index (χ3n) is 1.96. The van der Waals surface area contributed by atoms with E-state index in [9.17, 15) is 0 Å². The largest absolute Gasteiger partial charge is 0.198 e. The van der Waals surface area contributed by atoms with Gasteiger partial charge in [0.15, 0.2) is 0 Å². The van der Waals surface area contributed by atoms with Crippen LogP contribution in [0.2, 0.25) is 0 Å². The van der Waals surface area contributed by atoms with Gasteiger partial charge in [-0.1, -0.05) is 30.3 Å². The van der Waals surface area contributed by atoms with E-state index in [1.807, 2.05) is 17.8 Å². The number of rotatable bonds is 6. The highest BCUT2D eigenvalue weighted by Crippen LogP contribution is 2.08. The predicted molar refractivity (Wildman–Crippen MR) is 62.3 cm³/mol. The van der Waals surface area contributed by atoms with E-state index >= 15 is 0 Å². The Morgan fingerprint density at radius 1 is 1.14 bits per heavy atom. The zero-order valence-corrected chi connectivity index (χ0v) is 9.09. The first-order valence-electron chi connectivity index (χ1n) is 4.92. The average Bonchev–Trinajstić information content (AvgIpc) is 2.25. The molecule has 1 aromatic rings. The molecule has 0 bridgehead atoms. The number of nitriles is 1. The average molecular weight is 205 g/mol. The Labute approximate surface area is 90.1 Å². The van der Waals surface area contributed by atoms with Crippen molar-refractivity contribution in [2.75, 3.05) is 11.5 Å². The van der Waals surface area contributed by atoms with Crippen molar-refractivity contribution in [2.24, 2.45) is 0 Å². The van der Waals surface area contributed by atoms with Crippen molar-refractivity contribution in [1.82, 2.24) is 0 Å². The van der Waals surface area contributed by atoms with E-state index in [1.165, 1.54) is 12.0 Å². The molecular formula is C12H15NS. The lowest BCUT2D eigenvalue weighted by Gasteiger charge is -2.00. The summed E-state index contributed by atoms with van der Waals surface area (Å²) in [6, 6.07) is 12.7. The van der Waals surface area contributed by atoms with Crippen molar-refractivity contribution in [3.05, 3.63) is 35.9 Å². The summed E-state index contributed by atoms with van der Waals surface area (Å²) >= 11 is 1.87. The van der Waals surface area contributed by atoms with E-state index in [0.717, 1.165) is 17.9 Å². The Bertz CT molecular complexity index is 276. The summed E-state index contributed by atoms with van der Waals surface area (Å²) in [5.74, 6) is 2.14. The van der Waals surface area contributed by atoms with E-state index in [0.29, 0.717) is 6.42 Å². The lowest BCUT2D eigenvalue weighted by Crippen LogP contribution is -1.88. The molecule has 0 N–H and O–H groups in total. The van der Waals surface area contributed by atoms with Crippen LogP contribution in [-0.2, 0) is 6.42 Å². The highest BCUT2D eigenvalue weighted by atomic mass is 32.2. The van der Waals surface area contributed by atoms with Crippen LogP contribution in [0.1, 0.15) is 18.4 Å². The zero-order valence-electron chi connectivity index (χ0n) is 8.28. The lowest BCUT2D eigenvalue weighted by atomic mass is 10.1. The molecule has 0 aliphatic heterocycles. The molecular weight excluding hydrogens is 190 g/mol. The van der Waals surface area contributed by atoms with E-state index in [1.54, 1.807) is 0 Å². The molecule has 1 nitrogen and oxygen atoms in total. The van der Waals surface area contributed by atoms with Gasteiger partial charge in [0.2, 0.25) is 0 Å². The lowest BCUT2D eigenvalue weighted by molar-refractivity contribution is 0.932. The first kappa shape index (κ1) is 11.1. The molecule has 0 aliphatic carbocycles. The standard InChI is InChI=1S/C12H15NS/c13-9-5-11-14-10-4-8-12-6-2-1-3-7-12/h1-3,6-7H,4-5,8,10-11H2. The number of thioether (sulfide) groups is 1. The van der Waals surface area contributed by atoms with Crippen LogP contribution in [0.4, 0.5) is 0 Å². The highest BCUT2D eigenvalue weighted by molar-refractivity contribution is 7.99. The highest BCUT2D eigenvalue weighted by Gasteiger charge is 1.92. The monoisotopic (exact) mass is 205 g/mol. The van der Waals surface area contributed by atoms with Crippen LogP contribution in [0.5, 0.6) is 0 Å². The Morgan fingerprint density at radius 2 is 1.93 bits per heavy atom. The van der Waals surface area contributed by atoms with Crippen LogP contribution in [0.3, 0.4) is 0 Å². The van der Waals surface area contributed by atoms with Crippen molar-refractivity contribution in [3.63, 3.8) is 0 Å². The molecule has 0 spiro atoms. The molecule has 1 aromatic carbocycles. The third kappa shape index (κ3) is 4.94. The molecule has 0 radical (unpaired) electrons. The van der Waals surface area contributed by atoms with Crippen molar-refractivity contribution in [1.29, 1.82) is 5.26 Å². The van der Waals surface area contributed by atoms with Gasteiger partial charge in [-0.15, -0.1) is 0 Å². The van der Waals surface area contributed by atoms with Crippen molar-refractivity contribution in [3.8, 4) is 6.07 Å². The number of nitrogens with zero attached hydrogens (tertiary/aromatic N) is 1. The summed E-state index contributed by atoms with van der Waals surface area (Å²) in [6.07, 6.45) is 3.04. The molecule has 0 fully saturated rings. The Kier molecular flexibility index (Phi) is 5.94. The van der Waals surface area contributed by atoms with Gasteiger partial charge < -0.3 is 0 Å². The minimum Gasteiger partial charge on any atom is -0.198 e. The summed E-state index contributed by atoms with van der Waals surface area (Å²) < 4.78 is 0. The summed E-state index contributed by atoms with van der Waals surface area (Å²) in [5.41, 5.74) is 1.41. The van der Waals surface area contributed by atoms with Crippen LogP contribution < -0.4 is 0 Å². The Morgan fingerprint density at radius 3 is 2.64 bits per heavy atom. The Hall–Kier alpha value is -0.940. The second-order valence-corrected chi connectivity index (χ2v) is 4.33. The maximum absolute atomic E-state index is 8.34. The molecule has 0 saturated heterocycles. The van der Waals surface area contributed by atoms with Gasteiger partial charge in [-0.2, -0.15) is 17.0 Å². The van der Waals surface area contributed by atoms with Crippen LogP contribution in [0, 0.1) is 11.3 Å². The van der Waals surface area contributed by atoms with Gasteiger partial charge in [-0.3, -0.25) is 0 Å². The third-order valence-corrected chi connectivity index (χ3v) is 3.03. The second-order valence-electron chi connectivity index (χ2n) is 3.11. The number of aryl methyl sites for hydroxylation is 1. The molecule has 1 rings (SSSR count). The maximum Gasteiger partial charge on any atom is 0.0630 e. The molecule has 0 atom stereocenters. The van der Waals surface area contributed by atoms with E-state index in [4.69, 9.17) is 5.26 Å². The van der Waals surface area contributed by atoms with E-state index < -0.39 is 0 Å². The fraction of sp³-hybridized carbons (Fsp3) is 0.417. The van der Waals surface area contributed by atoms with Gasteiger partial charge >= 0.3 is 0 Å². The fourth-order valence-electron chi connectivity index (χ4n) is 1.24. The van der Waals surface area contributed by atoms with Gasteiger partial charge in [0, 0.05) is 12.2 Å². The first-order valence-corrected chi connectivity index (χ1v) is 6.07. The molecule has 0 saturated carbocycles. The summed E-state index contributed by atoms with van der Waals surface area (Å²) in [6.45, 7) is 0. The second kappa shape index (κ2) is 7.46. The molecule has 0 aliphatic rings. The van der Waals surface area contributed by atoms with Crippen LogP contribution in [-0.4, -0.2) is 11.5 Å². The van der Waals surface area contributed by atoms with Crippen LogP contribution >= 0.6 is 11.8 Å². The minimum atomic E-state index is 0.677. The zero-order chi connectivity index (χ0) is 10.1. The van der Waals surface area contributed by atoms with Crippen LogP contribution in [0.15, 0.2) is 30.3 Å². The number of hydrogen-bond donors (Lipinski definition) is 0. The van der Waals surface area contributed by atoms with Gasteiger partial charge in [0.1, 0.15) is 0 Å². The maximum atomic E-state index is 8.34. The summed E-state index contributed by atoms with van der Waals surface area (Å²) in [5, 5.41) is 8.34. The molecule has 74 valence electrons. The van der Waals surface area contributed by atoms with Crippen LogP contribution in [0.25, 0.3) is 0 Å². The topological polar surface area (TPSA) is 23.8 Å². The predicted octanol–water partition coefficient (Wildman–Crippen LogP) is 3.27. The smallest absolute Gasteiger partial charge is 0.0630 e. The summed E-state index contributed by atoms with van der Waals surface area (Å²) in [4.78, 5) is 0. The van der Waals surface area contributed by atoms with Gasteiger partial charge in [-0.05, 0) is 24.2 Å². The van der Waals surface area contributed by atoms with Gasteiger partial charge in [0.05, 0.1) is 6.07 Å². The summed E-state index contributed by atoms with van der Waals surface area (Å²) in [7, 11) is 0. The van der Waals surface area contributed by atoms with Crippen molar-refractivity contribution >= 4 is 11.8 Å². The molecule has 0 aromatic heterocycles. The van der Waals surface area contributed by atoms with Crippen molar-refractivity contribution < 1.29 is 0 Å². The van der Waals surface area contributed by atoms with Crippen molar-refractivity contribution in [2.45, 2.75) is 19.3 Å². The first-order chi connectivity index (χ1) is 6.93. The molecule has 0 unspecified atom stereocenters. The van der Waals surface area contributed by atoms with E-state index in [2.05, 4.69) is 30.3 Å². The minimum absolute atomic E-state index is 0.677. The number of benzene rings is 1. The SMILES string of the molecule is N#CCCSCCCc1ccccc1. The van der Waals surface area contributed by atoms with Gasteiger partial charge in [0.25, 0.3) is 0 Å². The fourth-order valence-corrected chi connectivity index (χ4v) is 2.03. The molecule has 0 heterocycles. The quantitative estimate of drug-likeness (QED) is 0.665. The molecule has 0 amide bonds.